The van der Waals surface area contributed by atoms with Crippen LogP contribution in [0.15, 0.2) is 48.1 Å². The third-order valence-corrected chi connectivity index (χ3v) is 4.83. The van der Waals surface area contributed by atoms with Crippen LogP contribution in [0.25, 0.3) is 11.2 Å². The highest BCUT2D eigenvalue weighted by Gasteiger charge is 2.12. The normalized spacial score (nSPS) is 11.0. The quantitative estimate of drug-likeness (QED) is 0.591. The van der Waals surface area contributed by atoms with Gasteiger partial charge >= 0.3 is 0 Å². The lowest BCUT2D eigenvalue weighted by molar-refractivity contribution is 0.664. The Kier molecular flexibility index (Phi) is 4.10. The molecule has 0 bridgehead atoms. The van der Waals surface area contributed by atoms with Crippen LogP contribution in [0.4, 0.5) is 5.82 Å². The highest BCUT2D eigenvalue weighted by Crippen LogP contribution is 2.21. The van der Waals surface area contributed by atoms with Gasteiger partial charge in [0.1, 0.15) is 6.33 Å². The lowest BCUT2D eigenvalue weighted by Gasteiger charge is -2.05. The maximum absolute atomic E-state index is 6.22. The van der Waals surface area contributed by atoms with Crippen LogP contribution < -0.4 is 5.32 Å². The molecule has 4 aromatic rings. The van der Waals surface area contributed by atoms with Crippen molar-refractivity contribution < 1.29 is 0 Å². The maximum atomic E-state index is 6.22. The molecule has 0 fully saturated rings. The molecule has 120 valence electrons. The molecule has 1 N–H and O–H groups in total. The first-order chi connectivity index (χ1) is 11.8. The first kappa shape index (κ1) is 15.0. The average Bonchev–Trinajstić information content (AvgIpc) is 3.25. The molecule has 0 aliphatic carbocycles. The summed E-state index contributed by atoms with van der Waals surface area (Å²) < 4.78 is 1.73. The molecule has 0 radical (unpaired) electrons. The minimum absolute atomic E-state index is 0.511. The Morgan fingerprint density at radius 3 is 2.88 bits per heavy atom. The lowest BCUT2D eigenvalue weighted by Crippen LogP contribution is -2.04. The first-order valence-electron chi connectivity index (χ1n) is 7.35. The van der Waals surface area contributed by atoms with Gasteiger partial charge in [0.15, 0.2) is 17.0 Å². The maximum Gasteiger partial charge on any atom is 0.184 e. The fourth-order valence-electron chi connectivity index (χ4n) is 2.40. The van der Waals surface area contributed by atoms with Crippen LogP contribution in [0.5, 0.6) is 0 Å². The summed E-state index contributed by atoms with van der Waals surface area (Å²) in [6.07, 6.45) is 1.52. The second-order valence-corrected chi connectivity index (χ2v) is 6.61. The van der Waals surface area contributed by atoms with Gasteiger partial charge in [-0.2, -0.15) is 0 Å². The van der Waals surface area contributed by atoms with Crippen LogP contribution in [-0.4, -0.2) is 25.0 Å². The van der Waals surface area contributed by atoms with Crippen LogP contribution in [0.2, 0.25) is 5.02 Å². The Balaban J connectivity index is 1.62. The summed E-state index contributed by atoms with van der Waals surface area (Å²) in [4.78, 5) is 9.83. The molecular formula is C16H13ClN6S. The van der Waals surface area contributed by atoms with E-state index in [0.29, 0.717) is 35.1 Å². The van der Waals surface area contributed by atoms with Crippen molar-refractivity contribution in [2.45, 2.75) is 13.1 Å². The number of hydrogen-bond acceptors (Lipinski definition) is 6. The first-order valence-corrected chi connectivity index (χ1v) is 8.61. The van der Waals surface area contributed by atoms with E-state index in [1.54, 1.807) is 16.0 Å². The third-order valence-electron chi connectivity index (χ3n) is 3.59. The van der Waals surface area contributed by atoms with Crippen molar-refractivity contribution in [2.24, 2.45) is 0 Å². The smallest absolute Gasteiger partial charge is 0.184 e. The van der Waals surface area contributed by atoms with Gasteiger partial charge in [-0.3, -0.25) is 0 Å². The zero-order valence-electron chi connectivity index (χ0n) is 12.6. The summed E-state index contributed by atoms with van der Waals surface area (Å²) in [6.45, 7) is 1.21. The van der Waals surface area contributed by atoms with E-state index in [1.807, 2.05) is 35.7 Å². The van der Waals surface area contributed by atoms with Crippen LogP contribution in [-0.2, 0) is 13.1 Å². The van der Waals surface area contributed by atoms with Crippen molar-refractivity contribution in [2.75, 3.05) is 5.32 Å². The summed E-state index contributed by atoms with van der Waals surface area (Å²) in [7, 11) is 0. The number of nitrogens with zero attached hydrogens (tertiary/aromatic N) is 5. The van der Waals surface area contributed by atoms with E-state index in [1.165, 1.54) is 11.2 Å². The van der Waals surface area contributed by atoms with E-state index < -0.39 is 0 Å². The Labute approximate surface area is 147 Å². The van der Waals surface area contributed by atoms with Crippen molar-refractivity contribution in [1.29, 1.82) is 0 Å². The number of fused-ring (bicyclic) bond motifs is 1. The fraction of sp³-hybridized carbons (Fsp3) is 0.125. The van der Waals surface area contributed by atoms with E-state index in [0.717, 1.165) is 5.56 Å². The predicted octanol–water partition coefficient (Wildman–Crippen LogP) is 3.60. The highest BCUT2D eigenvalue weighted by molar-refractivity contribution is 7.09. The standard InChI is InChI=1S/C16H13ClN6S/c17-13-6-2-1-4-11(13)9-23-16-14(21-22-23)15(19-10-20-16)18-8-12-5-3-7-24-12/h1-7,10H,8-9H2,(H,18,19,20). The molecule has 1 aromatic carbocycles. The summed E-state index contributed by atoms with van der Waals surface area (Å²) in [5, 5.41) is 14.5. The zero-order chi connectivity index (χ0) is 16.4. The number of aromatic nitrogens is 5. The summed E-state index contributed by atoms with van der Waals surface area (Å²) in [5.74, 6) is 0.679. The van der Waals surface area contributed by atoms with Crippen molar-refractivity contribution >= 4 is 39.9 Å². The highest BCUT2D eigenvalue weighted by atomic mass is 35.5. The van der Waals surface area contributed by atoms with Crippen molar-refractivity contribution in [3.05, 3.63) is 63.6 Å². The van der Waals surface area contributed by atoms with E-state index in [4.69, 9.17) is 11.6 Å². The predicted molar refractivity (Wildman–Crippen MR) is 95.3 cm³/mol. The SMILES string of the molecule is Clc1ccccc1Cn1nnc2c(NCc3cccs3)ncnc21. The van der Waals surface area contributed by atoms with Gasteiger partial charge in [0.2, 0.25) is 0 Å². The minimum atomic E-state index is 0.511. The number of anilines is 1. The summed E-state index contributed by atoms with van der Waals surface area (Å²) in [6, 6.07) is 11.8. The van der Waals surface area contributed by atoms with Gasteiger partial charge in [-0.15, -0.1) is 16.4 Å². The molecule has 0 amide bonds. The molecule has 0 saturated carbocycles. The van der Waals surface area contributed by atoms with Gasteiger partial charge in [0.25, 0.3) is 0 Å². The number of thiophene rings is 1. The number of nitrogens with one attached hydrogen (secondary N) is 1. The molecule has 0 saturated heterocycles. The van der Waals surface area contributed by atoms with Gasteiger partial charge in [-0.25, -0.2) is 14.6 Å². The van der Waals surface area contributed by atoms with E-state index in [-0.39, 0.29) is 0 Å². The molecule has 3 heterocycles. The van der Waals surface area contributed by atoms with Gasteiger partial charge in [0, 0.05) is 9.90 Å². The molecular weight excluding hydrogens is 344 g/mol. The second-order valence-electron chi connectivity index (χ2n) is 5.17. The molecule has 8 heteroatoms. The Hall–Kier alpha value is -2.51. The molecule has 0 aliphatic heterocycles. The number of halogens is 1. The Bertz CT molecular complexity index is 966. The Morgan fingerprint density at radius 1 is 1.12 bits per heavy atom. The summed E-state index contributed by atoms with van der Waals surface area (Å²) >= 11 is 7.92. The third kappa shape index (κ3) is 2.95. The molecule has 4 rings (SSSR count). The lowest BCUT2D eigenvalue weighted by atomic mass is 10.2. The molecule has 0 unspecified atom stereocenters. The van der Waals surface area contributed by atoms with Gasteiger partial charge in [0.05, 0.1) is 13.1 Å². The number of benzene rings is 1. The largest absolute Gasteiger partial charge is 0.363 e. The van der Waals surface area contributed by atoms with Crippen molar-refractivity contribution in [3.8, 4) is 0 Å². The van der Waals surface area contributed by atoms with E-state index >= 15 is 0 Å². The molecule has 6 nitrogen and oxygen atoms in total. The van der Waals surface area contributed by atoms with Gasteiger partial charge in [-0.1, -0.05) is 41.1 Å². The van der Waals surface area contributed by atoms with Crippen molar-refractivity contribution in [1.82, 2.24) is 25.0 Å². The monoisotopic (exact) mass is 356 g/mol. The van der Waals surface area contributed by atoms with Crippen molar-refractivity contribution in [3.63, 3.8) is 0 Å². The summed E-state index contributed by atoms with van der Waals surface area (Å²) in [5.41, 5.74) is 2.30. The van der Waals surface area contributed by atoms with Crippen LogP contribution in [0.1, 0.15) is 10.4 Å². The van der Waals surface area contributed by atoms with Crippen LogP contribution >= 0.6 is 22.9 Å². The second kappa shape index (κ2) is 6.54. The van der Waals surface area contributed by atoms with Crippen LogP contribution in [0.3, 0.4) is 0 Å². The molecule has 0 spiro atoms. The molecule has 3 aromatic heterocycles. The van der Waals surface area contributed by atoms with E-state index in [9.17, 15) is 0 Å². The number of hydrogen-bond donors (Lipinski definition) is 1. The minimum Gasteiger partial charge on any atom is -0.363 e. The zero-order valence-corrected chi connectivity index (χ0v) is 14.1. The Morgan fingerprint density at radius 2 is 2.04 bits per heavy atom. The molecule has 24 heavy (non-hydrogen) atoms. The van der Waals surface area contributed by atoms with Gasteiger partial charge < -0.3 is 5.32 Å². The van der Waals surface area contributed by atoms with E-state index in [2.05, 4.69) is 31.7 Å². The number of rotatable bonds is 5. The molecule has 0 atom stereocenters. The van der Waals surface area contributed by atoms with Crippen LogP contribution in [0, 0.1) is 0 Å². The topological polar surface area (TPSA) is 68.5 Å². The average molecular weight is 357 g/mol. The fourth-order valence-corrected chi connectivity index (χ4v) is 3.24. The van der Waals surface area contributed by atoms with Gasteiger partial charge in [-0.05, 0) is 23.1 Å². The molecule has 0 aliphatic rings.